The number of anilines is 1. The zero-order valence-electron chi connectivity index (χ0n) is 11.5. The Labute approximate surface area is 121 Å². The molecule has 2 heterocycles. The quantitative estimate of drug-likeness (QED) is 0.911. The average Bonchev–Trinajstić information content (AvgIpc) is 2.77. The maximum atomic E-state index is 12.2. The molecule has 0 radical (unpaired) electrons. The van der Waals surface area contributed by atoms with Crippen molar-refractivity contribution in [1.29, 1.82) is 0 Å². The lowest BCUT2D eigenvalue weighted by molar-refractivity contribution is 0.563. The summed E-state index contributed by atoms with van der Waals surface area (Å²) in [5.41, 5.74) is 6.58. The van der Waals surface area contributed by atoms with Crippen molar-refractivity contribution in [1.82, 2.24) is 9.78 Å². The Morgan fingerprint density at radius 2 is 2.32 bits per heavy atom. The summed E-state index contributed by atoms with van der Waals surface area (Å²) in [5, 5.41) is 4.26. The molecule has 6 heteroatoms. The summed E-state index contributed by atoms with van der Waals surface area (Å²) in [6.45, 7) is 6.44. The number of hydrogen-bond donors (Lipinski definition) is 1. The van der Waals surface area contributed by atoms with Gasteiger partial charge >= 0.3 is 0 Å². The van der Waals surface area contributed by atoms with Crippen LogP contribution < -0.4 is 16.2 Å². The van der Waals surface area contributed by atoms with Gasteiger partial charge in [0.15, 0.2) is 0 Å². The van der Waals surface area contributed by atoms with E-state index in [1.807, 2.05) is 6.92 Å². The molecule has 1 aromatic rings. The van der Waals surface area contributed by atoms with Crippen LogP contribution in [-0.2, 0) is 6.54 Å². The molecule has 2 atom stereocenters. The summed E-state index contributed by atoms with van der Waals surface area (Å²) in [6.07, 6.45) is 3.76. The van der Waals surface area contributed by atoms with Crippen LogP contribution in [0.4, 0.5) is 5.69 Å². The van der Waals surface area contributed by atoms with Crippen molar-refractivity contribution in [3.05, 3.63) is 21.0 Å². The minimum atomic E-state index is -0.0530. The van der Waals surface area contributed by atoms with Crippen LogP contribution in [0.15, 0.2) is 15.5 Å². The van der Waals surface area contributed by atoms with Crippen LogP contribution in [0, 0.1) is 5.92 Å². The molecule has 2 unspecified atom stereocenters. The van der Waals surface area contributed by atoms with E-state index in [0.717, 1.165) is 25.1 Å². The van der Waals surface area contributed by atoms with Gasteiger partial charge in [0.1, 0.15) is 4.47 Å². The Morgan fingerprint density at radius 1 is 1.58 bits per heavy atom. The number of aryl methyl sites for hydroxylation is 1. The third-order valence-electron chi connectivity index (χ3n) is 3.71. The van der Waals surface area contributed by atoms with Gasteiger partial charge in [-0.3, -0.25) is 4.79 Å². The smallest absolute Gasteiger partial charge is 0.283 e. The van der Waals surface area contributed by atoms with Crippen LogP contribution in [0.2, 0.25) is 0 Å². The number of nitrogens with two attached hydrogens (primary N) is 1. The molecular formula is C13H21BrN4O. The molecule has 1 aliphatic heterocycles. The van der Waals surface area contributed by atoms with Crippen molar-refractivity contribution in [2.24, 2.45) is 11.7 Å². The molecule has 0 aromatic carbocycles. The first-order chi connectivity index (χ1) is 9.08. The Balaban J connectivity index is 2.31. The fraction of sp³-hybridized carbons (Fsp3) is 0.692. The number of halogens is 1. The summed E-state index contributed by atoms with van der Waals surface area (Å²) in [5.74, 6) is 0.500. The van der Waals surface area contributed by atoms with Gasteiger partial charge in [-0.1, -0.05) is 6.92 Å². The van der Waals surface area contributed by atoms with Crippen molar-refractivity contribution in [2.75, 3.05) is 18.0 Å². The first-order valence-corrected chi connectivity index (χ1v) is 7.60. The van der Waals surface area contributed by atoms with Gasteiger partial charge in [0, 0.05) is 19.1 Å². The maximum Gasteiger partial charge on any atom is 0.283 e. The molecule has 1 aromatic heterocycles. The molecule has 0 saturated carbocycles. The van der Waals surface area contributed by atoms with Crippen molar-refractivity contribution < 1.29 is 0 Å². The van der Waals surface area contributed by atoms with Crippen LogP contribution in [0.3, 0.4) is 0 Å². The van der Waals surface area contributed by atoms with Gasteiger partial charge in [0.25, 0.3) is 5.56 Å². The first-order valence-electron chi connectivity index (χ1n) is 6.80. The number of nitrogens with zero attached hydrogens (tertiary/aromatic N) is 3. The molecule has 5 nitrogen and oxygen atoms in total. The van der Waals surface area contributed by atoms with E-state index in [2.05, 4.69) is 32.9 Å². The molecule has 0 spiro atoms. The molecule has 0 bridgehead atoms. The summed E-state index contributed by atoms with van der Waals surface area (Å²) in [4.78, 5) is 14.4. The fourth-order valence-electron chi connectivity index (χ4n) is 2.68. The zero-order valence-corrected chi connectivity index (χ0v) is 13.1. The highest BCUT2D eigenvalue weighted by Crippen LogP contribution is 2.31. The largest absolute Gasteiger partial charge is 0.366 e. The fourth-order valence-corrected chi connectivity index (χ4v) is 3.21. The van der Waals surface area contributed by atoms with Crippen LogP contribution in [-0.4, -0.2) is 28.9 Å². The summed E-state index contributed by atoms with van der Waals surface area (Å²) in [7, 11) is 0. The van der Waals surface area contributed by atoms with Crippen molar-refractivity contribution in [2.45, 2.75) is 39.3 Å². The predicted molar refractivity (Wildman–Crippen MR) is 80.5 cm³/mol. The minimum absolute atomic E-state index is 0.0530. The SMILES string of the molecule is CCCn1ncc(N2CC(CN)CC2C)c(Br)c1=O. The highest BCUT2D eigenvalue weighted by Gasteiger charge is 2.30. The number of hydrogen-bond acceptors (Lipinski definition) is 4. The predicted octanol–water partition coefficient (Wildman–Crippen LogP) is 1.59. The summed E-state index contributed by atoms with van der Waals surface area (Å²) >= 11 is 3.43. The van der Waals surface area contributed by atoms with Gasteiger partial charge in [-0.25, -0.2) is 4.68 Å². The Kier molecular flexibility index (Phi) is 4.62. The second-order valence-electron chi connectivity index (χ2n) is 5.21. The summed E-state index contributed by atoms with van der Waals surface area (Å²) in [6, 6.07) is 0.396. The number of aromatic nitrogens is 2. The molecule has 0 amide bonds. The van der Waals surface area contributed by atoms with Crippen LogP contribution in [0.5, 0.6) is 0 Å². The lowest BCUT2D eigenvalue weighted by Gasteiger charge is -2.24. The molecule has 1 aliphatic rings. The first kappa shape index (κ1) is 14.5. The average molecular weight is 329 g/mol. The van der Waals surface area contributed by atoms with Gasteiger partial charge in [0.2, 0.25) is 0 Å². The normalized spacial score (nSPS) is 23.1. The van der Waals surface area contributed by atoms with E-state index in [9.17, 15) is 4.79 Å². The third-order valence-corrected chi connectivity index (χ3v) is 4.45. The van der Waals surface area contributed by atoms with Crippen molar-refractivity contribution >= 4 is 21.6 Å². The number of rotatable bonds is 4. The molecule has 1 saturated heterocycles. The Bertz CT molecular complexity index is 502. The highest BCUT2D eigenvalue weighted by molar-refractivity contribution is 9.10. The van der Waals surface area contributed by atoms with Gasteiger partial charge in [-0.05, 0) is 48.2 Å². The molecule has 106 valence electrons. The summed E-state index contributed by atoms with van der Waals surface area (Å²) < 4.78 is 2.12. The van der Waals surface area contributed by atoms with E-state index in [1.165, 1.54) is 4.68 Å². The molecule has 19 heavy (non-hydrogen) atoms. The van der Waals surface area contributed by atoms with Gasteiger partial charge in [0.05, 0.1) is 11.9 Å². The maximum absolute atomic E-state index is 12.2. The van der Waals surface area contributed by atoms with Gasteiger partial charge < -0.3 is 10.6 Å². The topological polar surface area (TPSA) is 64.2 Å². The molecule has 2 N–H and O–H groups in total. The Hall–Kier alpha value is -0.880. The monoisotopic (exact) mass is 328 g/mol. The molecule has 2 rings (SSSR count). The van der Waals surface area contributed by atoms with E-state index in [-0.39, 0.29) is 5.56 Å². The van der Waals surface area contributed by atoms with E-state index in [0.29, 0.717) is 29.5 Å². The molecular weight excluding hydrogens is 308 g/mol. The van der Waals surface area contributed by atoms with Gasteiger partial charge in [-0.2, -0.15) is 5.10 Å². The lowest BCUT2D eigenvalue weighted by Crippen LogP contribution is -2.32. The Morgan fingerprint density at radius 3 is 2.89 bits per heavy atom. The third kappa shape index (κ3) is 2.84. The highest BCUT2D eigenvalue weighted by atomic mass is 79.9. The van der Waals surface area contributed by atoms with Crippen LogP contribution in [0.1, 0.15) is 26.7 Å². The van der Waals surface area contributed by atoms with E-state index < -0.39 is 0 Å². The molecule has 0 aliphatic carbocycles. The van der Waals surface area contributed by atoms with Crippen LogP contribution in [0.25, 0.3) is 0 Å². The van der Waals surface area contributed by atoms with Crippen LogP contribution >= 0.6 is 15.9 Å². The second kappa shape index (κ2) is 6.05. The molecule has 1 fully saturated rings. The van der Waals surface area contributed by atoms with E-state index in [1.54, 1.807) is 6.20 Å². The van der Waals surface area contributed by atoms with E-state index >= 15 is 0 Å². The standard InChI is InChI=1S/C13H21BrN4O/c1-3-4-18-13(19)12(14)11(7-16-18)17-8-10(6-15)5-9(17)2/h7,9-10H,3-6,8,15H2,1-2H3. The minimum Gasteiger partial charge on any atom is -0.366 e. The van der Waals surface area contributed by atoms with Crippen molar-refractivity contribution in [3.8, 4) is 0 Å². The zero-order chi connectivity index (χ0) is 14.0. The lowest BCUT2D eigenvalue weighted by atomic mass is 10.1. The second-order valence-corrected chi connectivity index (χ2v) is 6.00. The van der Waals surface area contributed by atoms with E-state index in [4.69, 9.17) is 5.73 Å². The van der Waals surface area contributed by atoms with Crippen molar-refractivity contribution in [3.63, 3.8) is 0 Å². The van der Waals surface area contributed by atoms with Gasteiger partial charge in [-0.15, -0.1) is 0 Å².